The maximum Gasteiger partial charge on any atom is 0.305 e. The molecular formula is C54H105NO5. The lowest BCUT2D eigenvalue weighted by atomic mass is 10.0. The van der Waals surface area contributed by atoms with Crippen LogP contribution in [0, 0.1) is 0 Å². The first-order chi connectivity index (χ1) is 29.5. The molecule has 0 aliphatic heterocycles. The number of hydrogen-bond acceptors (Lipinski definition) is 5. The summed E-state index contributed by atoms with van der Waals surface area (Å²) in [7, 11) is 0. The summed E-state index contributed by atoms with van der Waals surface area (Å²) in [6, 6.07) is -0.643. The highest BCUT2D eigenvalue weighted by Crippen LogP contribution is 2.17. The van der Waals surface area contributed by atoms with E-state index in [1.165, 1.54) is 212 Å². The van der Waals surface area contributed by atoms with Gasteiger partial charge in [-0.2, -0.15) is 0 Å². The van der Waals surface area contributed by atoms with E-state index in [4.69, 9.17) is 4.74 Å². The van der Waals surface area contributed by atoms with Crippen LogP contribution in [-0.4, -0.2) is 47.4 Å². The van der Waals surface area contributed by atoms with Crippen LogP contribution in [0.1, 0.15) is 296 Å². The zero-order valence-electron chi connectivity index (χ0n) is 40.5. The Bertz CT molecular complexity index is 893. The van der Waals surface area contributed by atoms with E-state index in [2.05, 4.69) is 19.2 Å². The second-order valence-corrected chi connectivity index (χ2v) is 18.6. The van der Waals surface area contributed by atoms with Crippen molar-refractivity contribution in [1.29, 1.82) is 0 Å². The molecular weight excluding hydrogens is 743 g/mol. The van der Waals surface area contributed by atoms with Gasteiger partial charge in [-0.25, -0.2) is 0 Å². The van der Waals surface area contributed by atoms with E-state index in [-0.39, 0.29) is 18.5 Å². The standard InChI is InChI=1S/C54H105NO5/c1-3-5-7-9-11-13-15-17-19-20-21-22-23-25-27-32-36-40-44-48-54(59)60-49-45-41-37-33-29-28-31-35-39-43-47-53(58)55-51(50-56)52(57)46-42-38-34-30-26-24-18-16-14-12-10-8-6-4-2/h42,46,51-52,56-57H,3-41,43-45,47-50H2,1-2H3,(H,55,58)/b46-42+. The van der Waals surface area contributed by atoms with Gasteiger partial charge in [0.05, 0.1) is 25.4 Å². The Hall–Kier alpha value is -1.40. The van der Waals surface area contributed by atoms with Gasteiger partial charge in [0.15, 0.2) is 0 Å². The average Bonchev–Trinajstić information content (AvgIpc) is 3.25. The van der Waals surface area contributed by atoms with Crippen molar-refractivity contribution in [2.45, 2.75) is 309 Å². The van der Waals surface area contributed by atoms with Crippen molar-refractivity contribution in [3.05, 3.63) is 12.2 Å². The van der Waals surface area contributed by atoms with Crippen LogP contribution in [0.5, 0.6) is 0 Å². The Kier molecular flexibility index (Phi) is 49.1. The highest BCUT2D eigenvalue weighted by molar-refractivity contribution is 5.76. The molecule has 0 saturated carbocycles. The van der Waals surface area contributed by atoms with Crippen LogP contribution in [0.4, 0.5) is 0 Å². The number of amides is 1. The van der Waals surface area contributed by atoms with Crippen LogP contribution < -0.4 is 5.32 Å². The summed E-state index contributed by atoms with van der Waals surface area (Å²) < 4.78 is 5.47. The van der Waals surface area contributed by atoms with Crippen LogP contribution in [0.15, 0.2) is 12.2 Å². The maximum absolute atomic E-state index is 12.4. The highest BCUT2D eigenvalue weighted by Gasteiger charge is 2.18. The van der Waals surface area contributed by atoms with E-state index in [0.717, 1.165) is 57.8 Å². The summed E-state index contributed by atoms with van der Waals surface area (Å²) in [5, 5.41) is 23.0. The van der Waals surface area contributed by atoms with Crippen molar-refractivity contribution in [2.75, 3.05) is 13.2 Å². The fourth-order valence-corrected chi connectivity index (χ4v) is 8.40. The van der Waals surface area contributed by atoms with E-state index in [9.17, 15) is 19.8 Å². The molecule has 0 spiro atoms. The van der Waals surface area contributed by atoms with Crippen molar-refractivity contribution < 1.29 is 24.5 Å². The summed E-state index contributed by atoms with van der Waals surface area (Å²) in [4.78, 5) is 24.5. The Morgan fingerprint density at radius 3 is 1.13 bits per heavy atom. The van der Waals surface area contributed by atoms with Crippen LogP contribution in [0.3, 0.4) is 0 Å². The Morgan fingerprint density at radius 2 is 0.767 bits per heavy atom. The second-order valence-electron chi connectivity index (χ2n) is 18.6. The fourth-order valence-electron chi connectivity index (χ4n) is 8.40. The molecule has 6 nitrogen and oxygen atoms in total. The molecule has 0 saturated heterocycles. The van der Waals surface area contributed by atoms with Gasteiger partial charge in [0.25, 0.3) is 0 Å². The zero-order valence-corrected chi connectivity index (χ0v) is 40.5. The average molecular weight is 848 g/mol. The van der Waals surface area contributed by atoms with Crippen LogP contribution in [0.25, 0.3) is 0 Å². The number of carbonyl (C=O) groups is 2. The molecule has 6 heteroatoms. The van der Waals surface area contributed by atoms with Crippen molar-refractivity contribution in [1.82, 2.24) is 5.32 Å². The molecule has 2 atom stereocenters. The minimum atomic E-state index is -0.857. The first kappa shape index (κ1) is 58.6. The summed E-state index contributed by atoms with van der Waals surface area (Å²) in [6.45, 7) is 4.86. The largest absolute Gasteiger partial charge is 0.466 e. The Balaban J connectivity index is 3.46. The smallest absolute Gasteiger partial charge is 0.305 e. The third-order valence-corrected chi connectivity index (χ3v) is 12.6. The monoisotopic (exact) mass is 848 g/mol. The number of allylic oxidation sites excluding steroid dienone is 1. The van der Waals surface area contributed by atoms with Gasteiger partial charge in [0, 0.05) is 12.8 Å². The third kappa shape index (κ3) is 46.1. The molecule has 0 aromatic carbocycles. The summed E-state index contributed by atoms with van der Waals surface area (Å²) >= 11 is 0. The van der Waals surface area contributed by atoms with E-state index in [1.807, 2.05) is 6.08 Å². The van der Waals surface area contributed by atoms with Gasteiger partial charge < -0.3 is 20.3 Å². The highest BCUT2D eigenvalue weighted by atomic mass is 16.5. The van der Waals surface area contributed by atoms with Crippen LogP contribution >= 0.6 is 0 Å². The second kappa shape index (κ2) is 50.2. The van der Waals surface area contributed by atoms with Crippen molar-refractivity contribution in [3.63, 3.8) is 0 Å². The number of ether oxygens (including phenoxy) is 1. The van der Waals surface area contributed by atoms with E-state index in [0.29, 0.717) is 19.4 Å². The SMILES string of the molecule is CCCCCCCCCCCCCC/C=C/C(O)C(CO)NC(=O)CCCCCCCCCCCCOC(=O)CCCCCCCCCCCCCCCCCCCCC. The molecule has 60 heavy (non-hydrogen) atoms. The molecule has 0 rings (SSSR count). The fraction of sp³-hybridized carbons (Fsp3) is 0.926. The van der Waals surface area contributed by atoms with Gasteiger partial charge in [0.1, 0.15) is 0 Å². The van der Waals surface area contributed by atoms with Gasteiger partial charge in [-0.1, -0.05) is 264 Å². The predicted octanol–water partition coefficient (Wildman–Crippen LogP) is 16.1. The number of aliphatic hydroxyl groups excluding tert-OH is 2. The predicted molar refractivity (Wildman–Crippen MR) is 260 cm³/mol. The number of esters is 1. The lowest BCUT2D eigenvalue weighted by Crippen LogP contribution is -2.45. The van der Waals surface area contributed by atoms with Crippen molar-refractivity contribution in [3.8, 4) is 0 Å². The lowest BCUT2D eigenvalue weighted by Gasteiger charge is -2.20. The molecule has 1 amide bonds. The molecule has 0 aromatic heterocycles. The van der Waals surface area contributed by atoms with Gasteiger partial charge in [-0.3, -0.25) is 9.59 Å². The molecule has 2 unspecified atom stereocenters. The van der Waals surface area contributed by atoms with Gasteiger partial charge in [-0.05, 0) is 32.1 Å². The number of carbonyl (C=O) groups excluding carboxylic acids is 2. The van der Waals surface area contributed by atoms with Crippen molar-refractivity contribution >= 4 is 11.9 Å². The minimum Gasteiger partial charge on any atom is -0.466 e. The van der Waals surface area contributed by atoms with Gasteiger partial charge >= 0.3 is 5.97 Å². The maximum atomic E-state index is 12.4. The minimum absolute atomic E-state index is 0.0159. The van der Waals surface area contributed by atoms with Crippen LogP contribution in [0.2, 0.25) is 0 Å². The number of hydrogen-bond donors (Lipinski definition) is 3. The first-order valence-corrected chi connectivity index (χ1v) is 27.0. The van der Waals surface area contributed by atoms with Crippen LogP contribution in [-0.2, 0) is 14.3 Å². The summed E-state index contributed by atoms with van der Waals surface area (Å²) in [6.07, 6.45) is 57.9. The normalized spacial score (nSPS) is 12.7. The topological polar surface area (TPSA) is 95.9 Å². The Labute approximate surface area is 374 Å². The number of nitrogens with one attached hydrogen (secondary N) is 1. The number of aliphatic hydroxyl groups is 2. The van der Waals surface area contributed by atoms with Crippen molar-refractivity contribution in [2.24, 2.45) is 0 Å². The molecule has 0 aliphatic carbocycles. The molecule has 0 aromatic rings. The molecule has 0 heterocycles. The number of rotatable bonds is 50. The lowest BCUT2D eigenvalue weighted by molar-refractivity contribution is -0.143. The number of unbranched alkanes of at least 4 members (excludes halogenated alkanes) is 39. The Morgan fingerprint density at radius 1 is 0.450 bits per heavy atom. The summed E-state index contributed by atoms with van der Waals surface area (Å²) in [5.41, 5.74) is 0. The summed E-state index contributed by atoms with van der Waals surface area (Å²) in [5.74, 6) is -0.105. The molecule has 0 bridgehead atoms. The molecule has 0 fully saturated rings. The van der Waals surface area contributed by atoms with E-state index in [1.54, 1.807) is 6.08 Å². The van der Waals surface area contributed by atoms with E-state index >= 15 is 0 Å². The van der Waals surface area contributed by atoms with E-state index < -0.39 is 12.1 Å². The molecule has 0 radical (unpaired) electrons. The quantitative estimate of drug-likeness (QED) is 0.0322. The zero-order chi connectivity index (χ0) is 43.7. The van der Waals surface area contributed by atoms with Gasteiger partial charge in [0.2, 0.25) is 5.91 Å². The van der Waals surface area contributed by atoms with Gasteiger partial charge in [-0.15, -0.1) is 0 Å². The first-order valence-electron chi connectivity index (χ1n) is 27.0. The third-order valence-electron chi connectivity index (χ3n) is 12.6. The molecule has 3 N–H and O–H groups in total. The molecule has 356 valence electrons. The molecule has 0 aliphatic rings.